The second kappa shape index (κ2) is 5.24. The molecule has 0 aliphatic heterocycles. The molecule has 0 aliphatic carbocycles. The minimum absolute atomic E-state index is 0.435. The minimum atomic E-state index is -2.11. The lowest BCUT2D eigenvalue weighted by Crippen LogP contribution is -2.35. The molecular formula is C21H24N+. The average Bonchev–Trinajstić information content (AvgIpc) is 2.50. The lowest BCUT2D eigenvalue weighted by molar-refractivity contribution is -0.665. The van der Waals surface area contributed by atoms with Crippen LogP contribution in [0.1, 0.15) is 32.1 Å². The van der Waals surface area contributed by atoms with E-state index >= 15 is 0 Å². The van der Waals surface area contributed by atoms with Crippen LogP contribution < -0.4 is 4.57 Å². The Kier molecular flexibility index (Phi) is 2.72. The maximum Gasteiger partial charge on any atom is 0.220 e. The molecule has 1 heterocycles. The third kappa shape index (κ3) is 2.31. The molecular weight excluding hydrogens is 266 g/mol. The van der Waals surface area contributed by atoms with Crippen LogP contribution in [0, 0.1) is 34.5 Å². The van der Waals surface area contributed by atoms with Crippen LogP contribution in [0.4, 0.5) is 0 Å². The zero-order valence-corrected chi connectivity index (χ0v) is 13.9. The Balaban J connectivity index is 2.47. The quantitative estimate of drug-likeness (QED) is 0.563. The van der Waals surface area contributed by atoms with E-state index in [0.29, 0.717) is 5.56 Å². The zero-order chi connectivity index (χ0) is 18.5. The average molecular weight is 293 g/mol. The second-order valence-corrected chi connectivity index (χ2v) is 6.27. The molecule has 0 N–H and O–H groups in total. The first-order valence-electron chi connectivity index (χ1n) is 9.11. The normalized spacial score (nSPS) is 13.8. The highest BCUT2D eigenvalue weighted by molar-refractivity contribution is 5.94. The van der Waals surface area contributed by atoms with Gasteiger partial charge in [-0.3, -0.25) is 0 Å². The fourth-order valence-electron chi connectivity index (χ4n) is 3.11. The molecule has 0 aliphatic rings. The number of nitrogens with zero attached hydrogens (tertiary/aromatic N) is 1. The van der Waals surface area contributed by atoms with Crippen molar-refractivity contribution < 1.29 is 8.68 Å². The Morgan fingerprint density at radius 2 is 1.68 bits per heavy atom. The van der Waals surface area contributed by atoms with Crippen molar-refractivity contribution >= 4 is 10.8 Å². The number of rotatable bonds is 1. The Labute approximate surface area is 137 Å². The van der Waals surface area contributed by atoms with Gasteiger partial charge in [0.05, 0.1) is 10.9 Å². The molecule has 0 atom stereocenters. The predicted molar refractivity (Wildman–Crippen MR) is 94.2 cm³/mol. The SMILES string of the molecule is [2H]C([2H])([2H])c1cc(C)cc(-c2c3cc(C)ccc3cc(C)[n+]2C)c1C. The first kappa shape index (κ1) is 11.4. The summed E-state index contributed by atoms with van der Waals surface area (Å²) in [5.41, 5.74) is 6.63. The van der Waals surface area contributed by atoms with Gasteiger partial charge in [0.2, 0.25) is 5.69 Å². The fraction of sp³-hybridized carbons (Fsp3) is 0.286. The van der Waals surface area contributed by atoms with Crippen molar-refractivity contribution in [3.8, 4) is 11.3 Å². The number of hydrogen-bond acceptors (Lipinski definition) is 0. The molecule has 1 heteroatoms. The molecule has 0 saturated heterocycles. The monoisotopic (exact) mass is 293 g/mol. The minimum Gasteiger partial charge on any atom is -0.198 e. The largest absolute Gasteiger partial charge is 0.220 e. The van der Waals surface area contributed by atoms with Gasteiger partial charge in [-0.15, -0.1) is 0 Å². The van der Waals surface area contributed by atoms with E-state index in [2.05, 4.69) is 48.7 Å². The standard InChI is InChI=1S/C21H24N/c1-13-7-8-18-12-16(4)22(6)21(20(18)10-13)19-11-14(2)9-15(3)17(19)5/h7-12H,1-6H3/q+1/i3D3. The number of aryl methyl sites for hydroxylation is 4. The summed E-state index contributed by atoms with van der Waals surface area (Å²) in [7, 11) is 2.04. The molecule has 1 nitrogen and oxygen atoms in total. The zero-order valence-electron chi connectivity index (χ0n) is 16.9. The smallest absolute Gasteiger partial charge is 0.198 e. The molecule has 0 spiro atoms. The summed E-state index contributed by atoms with van der Waals surface area (Å²) >= 11 is 0. The van der Waals surface area contributed by atoms with Crippen LogP contribution in [0.25, 0.3) is 22.0 Å². The van der Waals surface area contributed by atoms with Crippen LogP contribution in [0.5, 0.6) is 0 Å². The molecule has 0 saturated carbocycles. The molecule has 1 aromatic heterocycles. The van der Waals surface area contributed by atoms with Crippen molar-refractivity contribution in [1.82, 2.24) is 0 Å². The molecule has 0 fully saturated rings. The summed E-state index contributed by atoms with van der Waals surface area (Å²) in [6.45, 7) is 5.93. The van der Waals surface area contributed by atoms with E-state index < -0.39 is 6.85 Å². The summed E-state index contributed by atoms with van der Waals surface area (Å²) in [6, 6.07) is 12.5. The summed E-state index contributed by atoms with van der Waals surface area (Å²) in [6.07, 6.45) is 0. The van der Waals surface area contributed by atoms with Gasteiger partial charge in [0.1, 0.15) is 7.05 Å². The van der Waals surface area contributed by atoms with Crippen LogP contribution in [0.3, 0.4) is 0 Å². The predicted octanol–water partition coefficient (Wildman–Crippen LogP) is 4.87. The van der Waals surface area contributed by atoms with E-state index in [4.69, 9.17) is 4.11 Å². The Morgan fingerprint density at radius 3 is 2.41 bits per heavy atom. The van der Waals surface area contributed by atoms with Gasteiger partial charge in [-0.1, -0.05) is 29.3 Å². The van der Waals surface area contributed by atoms with Crippen molar-refractivity contribution in [3.05, 3.63) is 64.3 Å². The van der Waals surface area contributed by atoms with E-state index in [0.717, 1.165) is 33.5 Å². The topological polar surface area (TPSA) is 3.88 Å². The van der Waals surface area contributed by atoms with Gasteiger partial charge in [0, 0.05) is 17.1 Å². The van der Waals surface area contributed by atoms with Crippen LogP contribution >= 0.6 is 0 Å². The van der Waals surface area contributed by atoms with Gasteiger partial charge in [-0.25, -0.2) is 0 Å². The summed E-state index contributed by atoms with van der Waals surface area (Å²) in [5, 5.41) is 2.32. The van der Waals surface area contributed by atoms with Gasteiger partial charge in [0.15, 0.2) is 5.69 Å². The molecule has 3 rings (SSSR count). The van der Waals surface area contributed by atoms with Crippen molar-refractivity contribution in [2.75, 3.05) is 0 Å². The van der Waals surface area contributed by atoms with E-state index in [-0.39, 0.29) is 0 Å². The number of hydrogen-bond donors (Lipinski definition) is 0. The van der Waals surface area contributed by atoms with Crippen LogP contribution in [-0.4, -0.2) is 0 Å². The molecule has 3 aromatic rings. The number of pyridine rings is 1. The van der Waals surface area contributed by atoms with Gasteiger partial charge >= 0.3 is 0 Å². The molecule has 0 bridgehead atoms. The molecule has 0 unspecified atom stereocenters. The van der Waals surface area contributed by atoms with Gasteiger partial charge < -0.3 is 0 Å². The van der Waals surface area contributed by atoms with E-state index in [1.165, 1.54) is 10.9 Å². The van der Waals surface area contributed by atoms with Crippen LogP contribution in [0.15, 0.2) is 36.4 Å². The van der Waals surface area contributed by atoms with Crippen molar-refractivity contribution in [3.63, 3.8) is 0 Å². The number of fused-ring (bicyclic) bond motifs is 1. The van der Waals surface area contributed by atoms with E-state index in [1.807, 2.05) is 20.9 Å². The molecule has 0 amide bonds. The Morgan fingerprint density at radius 1 is 0.909 bits per heavy atom. The molecule has 112 valence electrons. The maximum absolute atomic E-state index is 7.89. The first-order chi connectivity index (χ1) is 11.6. The molecule has 22 heavy (non-hydrogen) atoms. The highest BCUT2D eigenvalue weighted by Crippen LogP contribution is 2.31. The summed E-state index contributed by atoms with van der Waals surface area (Å²) < 4.78 is 25.8. The van der Waals surface area contributed by atoms with Crippen molar-refractivity contribution in [2.45, 2.75) is 34.5 Å². The van der Waals surface area contributed by atoms with E-state index in [9.17, 15) is 0 Å². The number of aromatic nitrogens is 1. The van der Waals surface area contributed by atoms with Gasteiger partial charge in [-0.2, -0.15) is 4.57 Å². The van der Waals surface area contributed by atoms with E-state index in [1.54, 1.807) is 6.07 Å². The highest BCUT2D eigenvalue weighted by atomic mass is 14.9. The number of benzene rings is 2. The van der Waals surface area contributed by atoms with Crippen molar-refractivity contribution in [1.29, 1.82) is 0 Å². The van der Waals surface area contributed by atoms with Gasteiger partial charge in [-0.05, 0) is 56.3 Å². The maximum atomic E-state index is 7.89. The Bertz CT molecular complexity index is 985. The van der Waals surface area contributed by atoms with Gasteiger partial charge in [0.25, 0.3) is 0 Å². The summed E-state index contributed by atoms with van der Waals surface area (Å²) in [5.74, 6) is 0. The summed E-state index contributed by atoms with van der Waals surface area (Å²) in [4.78, 5) is 0. The molecule has 2 aromatic carbocycles. The lowest BCUT2D eigenvalue weighted by atomic mass is 9.93. The van der Waals surface area contributed by atoms with Crippen LogP contribution in [-0.2, 0) is 7.05 Å². The third-order valence-corrected chi connectivity index (χ3v) is 4.50. The Hall–Kier alpha value is -2.15. The molecule has 0 radical (unpaired) electrons. The highest BCUT2D eigenvalue weighted by Gasteiger charge is 2.20. The fourth-order valence-corrected chi connectivity index (χ4v) is 3.11. The third-order valence-electron chi connectivity index (χ3n) is 4.50. The van der Waals surface area contributed by atoms with Crippen LogP contribution in [0.2, 0.25) is 0 Å². The lowest BCUT2D eigenvalue weighted by Gasteiger charge is -2.13. The van der Waals surface area contributed by atoms with Crippen molar-refractivity contribution in [2.24, 2.45) is 7.05 Å². The second-order valence-electron chi connectivity index (χ2n) is 6.27. The first-order valence-corrected chi connectivity index (χ1v) is 7.61.